The van der Waals surface area contributed by atoms with Crippen molar-refractivity contribution >= 4 is 16.9 Å². The molecule has 0 fully saturated rings. The predicted molar refractivity (Wildman–Crippen MR) is 129 cm³/mol. The van der Waals surface area contributed by atoms with Gasteiger partial charge in [0, 0.05) is 6.04 Å². The number of nitriles is 1. The third kappa shape index (κ3) is 3.81. The number of aromatic amines is 1. The van der Waals surface area contributed by atoms with E-state index in [1.54, 1.807) is 10.9 Å². The molecule has 0 spiro atoms. The fraction of sp³-hybridized carbons (Fsp3) is 0.360. The number of hydrogen-bond acceptors (Lipinski definition) is 7. The van der Waals surface area contributed by atoms with Crippen LogP contribution in [0, 0.1) is 17.2 Å². The van der Waals surface area contributed by atoms with Crippen LogP contribution in [0.3, 0.4) is 0 Å². The minimum absolute atomic E-state index is 0.00867. The zero-order chi connectivity index (χ0) is 23.8. The maximum Gasteiger partial charge on any atom is 0.161 e. The zero-order valence-electron chi connectivity index (χ0n) is 19.7. The molecule has 4 aromatic rings. The molecule has 0 saturated heterocycles. The highest BCUT2D eigenvalue weighted by atomic mass is 16.6. The normalized spacial score (nSPS) is 13.9. The molecular formula is C25H27N7O2. The fourth-order valence-corrected chi connectivity index (χ4v) is 4.30. The summed E-state index contributed by atoms with van der Waals surface area (Å²) >= 11 is 0. The minimum atomic E-state index is -0.00867. The number of anilines is 1. The highest BCUT2D eigenvalue weighted by Crippen LogP contribution is 2.37. The van der Waals surface area contributed by atoms with Crippen LogP contribution in [0.25, 0.3) is 22.3 Å². The standard InChI is InChI=1S/C25H27N7O2/c1-14(2)23(16-5-6-21-22(9-16)34-8-7-33-21)31-25-17-10-19(30-24(17)27-13-28-25)18-12-29-32(15(3)4)20(18)11-26/h5-6,9-10,12-15,23H,7-8H2,1-4H3,(H2,27,28,30,31)/t23-/m1/s1. The van der Waals surface area contributed by atoms with E-state index in [9.17, 15) is 5.26 Å². The fourth-order valence-electron chi connectivity index (χ4n) is 4.30. The lowest BCUT2D eigenvalue weighted by atomic mass is 9.95. The molecule has 2 N–H and O–H groups in total. The van der Waals surface area contributed by atoms with Gasteiger partial charge >= 0.3 is 0 Å². The Bertz CT molecular complexity index is 1380. The largest absolute Gasteiger partial charge is 0.486 e. The second-order valence-electron chi connectivity index (χ2n) is 8.99. The Morgan fingerprint density at radius 1 is 1.09 bits per heavy atom. The molecule has 0 radical (unpaired) electrons. The van der Waals surface area contributed by atoms with Gasteiger partial charge in [0.1, 0.15) is 42.8 Å². The molecule has 9 nitrogen and oxygen atoms in total. The van der Waals surface area contributed by atoms with Gasteiger partial charge in [0.2, 0.25) is 0 Å². The second kappa shape index (κ2) is 8.71. The van der Waals surface area contributed by atoms with Gasteiger partial charge in [-0.25, -0.2) is 9.97 Å². The Hall–Kier alpha value is -4.06. The van der Waals surface area contributed by atoms with Crippen molar-refractivity contribution in [2.24, 2.45) is 5.92 Å². The minimum Gasteiger partial charge on any atom is -0.486 e. The molecule has 1 aliphatic heterocycles. The van der Waals surface area contributed by atoms with Gasteiger partial charge in [0.15, 0.2) is 11.5 Å². The summed E-state index contributed by atoms with van der Waals surface area (Å²) in [7, 11) is 0. The van der Waals surface area contributed by atoms with Gasteiger partial charge < -0.3 is 19.8 Å². The van der Waals surface area contributed by atoms with Crippen LogP contribution in [0.2, 0.25) is 0 Å². The van der Waals surface area contributed by atoms with Crippen molar-refractivity contribution < 1.29 is 9.47 Å². The number of rotatable bonds is 6. The van der Waals surface area contributed by atoms with Crippen LogP contribution in [0.5, 0.6) is 11.5 Å². The first-order valence-electron chi connectivity index (χ1n) is 11.4. The maximum atomic E-state index is 9.73. The van der Waals surface area contributed by atoms with Gasteiger partial charge in [-0.1, -0.05) is 19.9 Å². The molecule has 0 bridgehead atoms. The number of hydrogen-bond donors (Lipinski definition) is 2. The van der Waals surface area contributed by atoms with Gasteiger partial charge in [0.05, 0.1) is 28.9 Å². The molecule has 1 aromatic carbocycles. The molecule has 1 atom stereocenters. The quantitative estimate of drug-likeness (QED) is 0.425. The number of benzene rings is 1. The lowest BCUT2D eigenvalue weighted by molar-refractivity contribution is 0.171. The summed E-state index contributed by atoms with van der Waals surface area (Å²) in [5.41, 5.74) is 3.82. The van der Waals surface area contributed by atoms with Crippen LogP contribution >= 0.6 is 0 Å². The summed E-state index contributed by atoms with van der Waals surface area (Å²) in [6.07, 6.45) is 3.25. The predicted octanol–water partition coefficient (Wildman–Crippen LogP) is 4.85. The number of H-pyrrole nitrogens is 1. The summed E-state index contributed by atoms with van der Waals surface area (Å²) in [6.45, 7) is 9.44. The molecule has 5 rings (SSSR count). The summed E-state index contributed by atoms with van der Waals surface area (Å²) < 4.78 is 13.2. The summed E-state index contributed by atoms with van der Waals surface area (Å²) in [5.74, 6) is 2.53. The average molecular weight is 458 g/mol. The van der Waals surface area contributed by atoms with Crippen LogP contribution in [-0.2, 0) is 0 Å². The number of aromatic nitrogens is 5. The van der Waals surface area contributed by atoms with E-state index in [-0.39, 0.29) is 18.0 Å². The van der Waals surface area contributed by atoms with E-state index < -0.39 is 0 Å². The summed E-state index contributed by atoms with van der Waals surface area (Å²) in [5, 5.41) is 18.6. The van der Waals surface area contributed by atoms with Crippen molar-refractivity contribution in [1.29, 1.82) is 5.26 Å². The Morgan fingerprint density at radius 3 is 2.62 bits per heavy atom. The molecule has 0 unspecified atom stereocenters. The molecule has 0 saturated carbocycles. The molecule has 3 aromatic heterocycles. The molecule has 4 heterocycles. The van der Waals surface area contributed by atoms with Crippen molar-refractivity contribution in [1.82, 2.24) is 24.7 Å². The van der Waals surface area contributed by atoms with Crippen molar-refractivity contribution in [3.8, 4) is 28.8 Å². The maximum absolute atomic E-state index is 9.73. The van der Waals surface area contributed by atoms with Crippen molar-refractivity contribution in [3.05, 3.63) is 48.0 Å². The van der Waals surface area contributed by atoms with Crippen LogP contribution in [-0.4, -0.2) is 37.9 Å². The molecule has 0 aliphatic carbocycles. The first-order chi connectivity index (χ1) is 16.5. The molecule has 0 amide bonds. The lowest BCUT2D eigenvalue weighted by Gasteiger charge is -2.26. The van der Waals surface area contributed by atoms with E-state index in [2.05, 4.69) is 51.4 Å². The lowest BCUT2D eigenvalue weighted by Crippen LogP contribution is -2.19. The Kier molecular flexibility index (Phi) is 5.57. The van der Waals surface area contributed by atoms with Gasteiger partial charge in [-0.3, -0.25) is 4.68 Å². The second-order valence-corrected chi connectivity index (χ2v) is 8.99. The number of nitrogens with zero attached hydrogens (tertiary/aromatic N) is 5. The molecule has 9 heteroatoms. The van der Waals surface area contributed by atoms with Crippen LogP contribution in [0.4, 0.5) is 5.82 Å². The van der Waals surface area contributed by atoms with Crippen LogP contribution in [0.15, 0.2) is 36.8 Å². The number of ether oxygens (including phenoxy) is 2. The van der Waals surface area contributed by atoms with Crippen LogP contribution in [0.1, 0.15) is 51.0 Å². The van der Waals surface area contributed by atoms with Crippen molar-refractivity contribution in [2.75, 3.05) is 18.5 Å². The van der Waals surface area contributed by atoms with Gasteiger partial charge in [-0.2, -0.15) is 10.4 Å². The third-order valence-electron chi connectivity index (χ3n) is 5.99. The number of fused-ring (bicyclic) bond motifs is 2. The molecule has 1 aliphatic rings. The Morgan fingerprint density at radius 2 is 1.88 bits per heavy atom. The molecule has 174 valence electrons. The third-order valence-corrected chi connectivity index (χ3v) is 5.99. The van der Waals surface area contributed by atoms with E-state index in [1.165, 1.54) is 6.33 Å². The van der Waals surface area contributed by atoms with Gasteiger partial charge in [0.25, 0.3) is 0 Å². The van der Waals surface area contributed by atoms with Crippen molar-refractivity contribution in [3.63, 3.8) is 0 Å². The van der Waals surface area contributed by atoms with E-state index in [4.69, 9.17) is 9.47 Å². The highest BCUT2D eigenvalue weighted by Gasteiger charge is 2.22. The summed E-state index contributed by atoms with van der Waals surface area (Å²) in [4.78, 5) is 12.3. The smallest absolute Gasteiger partial charge is 0.161 e. The zero-order valence-corrected chi connectivity index (χ0v) is 19.7. The van der Waals surface area contributed by atoms with E-state index in [1.807, 2.05) is 32.0 Å². The van der Waals surface area contributed by atoms with Gasteiger partial charge in [-0.15, -0.1) is 0 Å². The SMILES string of the molecule is CC(C)[C@@H](Nc1ncnc2[nH]c(-c3cnn(C(C)C)c3C#N)cc12)c1ccc2c(c1)OCCO2. The Labute approximate surface area is 197 Å². The highest BCUT2D eigenvalue weighted by molar-refractivity contribution is 5.92. The average Bonchev–Trinajstić information content (AvgIpc) is 3.46. The monoisotopic (exact) mass is 457 g/mol. The Balaban J connectivity index is 1.52. The van der Waals surface area contributed by atoms with E-state index in [0.717, 1.165) is 39.5 Å². The summed E-state index contributed by atoms with van der Waals surface area (Å²) in [6, 6.07) is 10.4. The van der Waals surface area contributed by atoms with Gasteiger partial charge in [-0.05, 0) is 43.5 Å². The molecular weight excluding hydrogens is 430 g/mol. The first-order valence-corrected chi connectivity index (χ1v) is 11.4. The van der Waals surface area contributed by atoms with Crippen molar-refractivity contribution in [2.45, 2.75) is 39.8 Å². The topological polar surface area (TPSA) is 114 Å². The van der Waals surface area contributed by atoms with E-state index >= 15 is 0 Å². The molecule has 34 heavy (non-hydrogen) atoms. The first kappa shape index (κ1) is 21.8. The number of nitrogens with one attached hydrogen (secondary N) is 2. The van der Waals surface area contributed by atoms with E-state index in [0.29, 0.717) is 24.6 Å². The van der Waals surface area contributed by atoms with Crippen LogP contribution < -0.4 is 14.8 Å².